The van der Waals surface area contributed by atoms with E-state index in [1.165, 1.54) is 7.11 Å². The summed E-state index contributed by atoms with van der Waals surface area (Å²) in [5.41, 5.74) is 1.80. The number of ether oxygens (including phenoxy) is 1. The molecular weight excluding hydrogens is 332 g/mol. The molecule has 1 aliphatic rings. The van der Waals surface area contributed by atoms with Gasteiger partial charge >= 0.3 is 5.97 Å². The van der Waals surface area contributed by atoms with Gasteiger partial charge in [-0.3, -0.25) is 14.9 Å². The lowest BCUT2D eigenvalue weighted by Gasteiger charge is -2.40. The fourth-order valence-corrected chi connectivity index (χ4v) is 3.74. The molecule has 0 spiro atoms. The first-order chi connectivity index (χ1) is 12.5. The second-order valence-electron chi connectivity index (χ2n) is 6.68. The molecule has 0 saturated carbocycles. The van der Waals surface area contributed by atoms with Crippen molar-refractivity contribution in [3.63, 3.8) is 0 Å². The van der Waals surface area contributed by atoms with Crippen molar-refractivity contribution in [2.45, 2.75) is 25.2 Å². The Morgan fingerprint density at radius 3 is 2.38 bits per heavy atom. The number of aryl methyl sites for hydroxylation is 1. The number of carbonyl (C=O) groups excluding carboxylic acids is 1. The van der Waals surface area contributed by atoms with Crippen molar-refractivity contribution in [2.75, 3.05) is 25.1 Å². The highest BCUT2D eigenvalue weighted by atomic mass is 16.6. The normalized spacial score (nSPS) is 16.2. The minimum atomic E-state index is -0.702. The lowest BCUT2D eigenvalue weighted by molar-refractivity contribution is -0.384. The summed E-state index contributed by atoms with van der Waals surface area (Å²) in [6.07, 6.45) is 1.10. The van der Waals surface area contributed by atoms with Crippen LogP contribution in [0.1, 0.15) is 24.0 Å². The van der Waals surface area contributed by atoms with Crippen molar-refractivity contribution in [2.24, 2.45) is 0 Å². The summed E-state index contributed by atoms with van der Waals surface area (Å²) >= 11 is 0. The molecule has 0 atom stereocenters. The number of methoxy groups -OCH3 is 1. The van der Waals surface area contributed by atoms with Gasteiger partial charge in [-0.15, -0.1) is 0 Å². The van der Waals surface area contributed by atoms with E-state index >= 15 is 0 Å². The summed E-state index contributed by atoms with van der Waals surface area (Å²) in [7, 11) is 1.41. The van der Waals surface area contributed by atoms with E-state index in [1.807, 2.05) is 48.2 Å². The van der Waals surface area contributed by atoms with Crippen LogP contribution in [0.25, 0.3) is 0 Å². The summed E-state index contributed by atoms with van der Waals surface area (Å²) in [6, 6.07) is 14.9. The number of nitrogens with zero attached hydrogens (tertiary/aromatic N) is 2. The van der Waals surface area contributed by atoms with Crippen LogP contribution in [0.15, 0.2) is 48.5 Å². The first-order valence-electron chi connectivity index (χ1n) is 8.62. The predicted octanol–water partition coefficient (Wildman–Crippen LogP) is 3.61. The zero-order valence-electron chi connectivity index (χ0n) is 15.0. The van der Waals surface area contributed by atoms with Crippen molar-refractivity contribution < 1.29 is 14.5 Å². The molecule has 0 N–H and O–H groups in total. The zero-order chi connectivity index (χ0) is 18.7. The number of esters is 1. The SMILES string of the molecule is COC(=O)C1(c2ccccc2)CCN(c2ccc(C)cc2[N+](=O)[O-])CC1. The Balaban J connectivity index is 1.90. The topological polar surface area (TPSA) is 72.7 Å². The fraction of sp³-hybridized carbons (Fsp3) is 0.350. The van der Waals surface area contributed by atoms with Gasteiger partial charge in [-0.25, -0.2) is 0 Å². The Labute approximate surface area is 152 Å². The second-order valence-corrected chi connectivity index (χ2v) is 6.68. The summed E-state index contributed by atoms with van der Waals surface area (Å²) in [6.45, 7) is 2.94. The fourth-order valence-electron chi connectivity index (χ4n) is 3.74. The van der Waals surface area contributed by atoms with Crippen LogP contribution < -0.4 is 4.90 Å². The number of hydrogen-bond donors (Lipinski definition) is 0. The van der Waals surface area contributed by atoms with E-state index in [0.29, 0.717) is 31.6 Å². The Morgan fingerprint density at radius 2 is 1.81 bits per heavy atom. The summed E-state index contributed by atoms with van der Waals surface area (Å²) < 4.78 is 5.10. The van der Waals surface area contributed by atoms with Crippen LogP contribution in [0.2, 0.25) is 0 Å². The van der Waals surface area contributed by atoms with Crippen molar-refractivity contribution in [1.29, 1.82) is 0 Å². The van der Waals surface area contributed by atoms with Crippen LogP contribution >= 0.6 is 0 Å². The smallest absolute Gasteiger partial charge is 0.316 e. The first kappa shape index (κ1) is 17.9. The Hall–Kier alpha value is -2.89. The molecule has 0 aromatic heterocycles. The van der Waals surface area contributed by atoms with Gasteiger partial charge in [0.15, 0.2) is 0 Å². The van der Waals surface area contributed by atoms with Crippen LogP contribution in [-0.2, 0) is 14.9 Å². The van der Waals surface area contributed by atoms with Gasteiger partial charge in [0.05, 0.1) is 17.4 Å². The van der Waals surface area contributed by atoms with E-state index in [9.17, 15) is 14.9 Å². The van der Waals surface area contributed by atoms with Crippen molar-refractivity contribution in [3.8, 4) is 0 Å². The average Bonchev–Trinajstić information content (AvgIpc) is 2.68. The molecule has 0 unspecified atom stereocenters. The molecule has 0 aliphatic carbocycles. The van der Waals surface area contributed by atoms with Gasteiger partial charge in [-0.05, 0) is 37.0 Å². The van der Waals surface area contributed by atoms with E-state index in [1.54, 1.807) is 12.1 Å². The molecule has 0 bridgehead atoms. The maximum Gasteiger partial charge on any atom is 0.316 e. The maximum atomic E-state index is 12.6. The van der Waals surface area contributed by atoms with Gasteiger partial charge in [-0.2, -0.15) is 0 Å². The molecule has 6 heteroatoms. The average molecular weight is 354 g/mol. The maximum absolute atomic E-state index is 12.6. The van der Waals surface area contributed by atoms with Crippen molar-refractivity contribution >= 4 is 17.3 Å². The highest BCUT2D eigenvalue weighted by molar-refractivity contribution is 5.84. The third-order valence-electron chi connectivity index (χ3n) is 5.19. The Kier molecular flexibility index (Phi) is 4.93. The largest absolute Gasteiger partial charge is 0.468 e. The number of rotatable bonds is 4. The monoisotopic (exact) mass is 354 g/mol. The molecule has 1 heterocycles. The molecule has 1 fully saturated rings. The number of carbonyl (C=O) groups is 1. The van der Waals surface area contributed by atoms with Gasteiger partial charge in [0, 0.05) is 19.2 Å². The molecule has 3 rings (SSSR count). The molecule has 2 aromatic rings. The molecule has 0 amide bonds. The number of piperidine rings is 1. The lowest BCUT2D eigenvalue weighted by Crippen LogP contribution is -2.48. The Morgan fingerprint density at radius 1 is 1.15 bits per heavy atom. The summed E-state index contributed by atoms with van der Waals surface area (Å²) in [5.74, 6) is -0.248. The van der Waals surface area contributed by atoms with Gasteiger partial charge in [0.25, 0.3) is 5.69 Å². The minimum absolute atomic E-state index is 0.107. The highest BCUT2D eigenvalue weighted by Gasteiger charge is 2.44. The van der Waals surface area contributed by atoms with Crippen molar-refractivity contribution in [1.82, 2.24) is 0 Å². The molecule has 136 valence electrons. The first-order valence-corrected chi connectivity index (χ1v) is 8.62. The lowest BCUT2D eigenvalue weighted by atomic mass is 9.72. The van der Waals surface area contributed by atoms with Crippen LogP contribution in [0, 0.1) is 17.0 Å². The molecule has 2 aromatic carbocycles. The third kappa shape index (κ3) is 3.14. The number of nitro groups is 1. The molecule has 6 nitrogen and oxygen atoms in total. The van der Waals surface area contributed by atoms with Gasteiger partial charge < -0.3 is 9.64 Å². The van der Waals surface area contributed by atoms with Crippen molar-refractivity contribution in [3.05, 3.63) is 69.8 Å². The van der Waals surface area contributed by atoms with Gasteiger partial charge in [0.1, 0.15) is 5.69 Å². The van der Waals surface area contributed by atoms with E-state index in [-0.39, 0.29) is 16.6 Å². The van der Waals surface area contributed by atoms with E-state index in [0.717, 1.165) is 11.1 Å². The summed E-state index contributed by atoms with van der Waals surface area (Å²) in [5, 5.41) is 11.4. The van der Waals surface area contributed by atoms with Gasteiger partial charge in [-0.1, -0.05) is 36.4 Å². The van der Waals surface area contributed by atoms with Crippen LogP contribution in [0.5, 0.6) is 0 Å². The molecule has 26 heavy (non-hydrogen) atoms. The molecule has 1 saturated heterocycles. The second kappa shape index (κ2) is 7.15. The molecule has 1 aliphatic heterocycles. The number of benzene rings is 2. The van der Waals surface area contributed by atoms with Gasteiger partial charge in [0.2, 0.25) is 0 Å². The number of hydrogen-bond acceptors (Lipinski definition) is 5. The van der Waals surface area contributed by atoms with Crippen LogP contribution in [-0.4, -0.2) is 31.1 Å². The summed E-state index contributed by atoms with van der Waals surface area (Å²) in [4.78, 5) is 25.7. The molecule has 0 radical (unpaired) electrons. The van der Waals surface area contributed by atoms with Crippen LogP contribution in [0.3, 0.4) is 0 Å². The van der Waals surface area contributed by atoms with E-state index in [2.05, 4.69) is 0 Å². The number of anilines is 1. The van der Waals surface area contributed by atoms with E-state index < -0.39 is 5.41 Å². The highest BCUT2D eigenvalue weighted by Crippen LogP contribution is 2.40. The van der Waals surface area contributed by atoms with Crippen LogP contribution in [0.4, 0.5) is 11.4 Å². The standard InChI is InChI=1S/C20H22N2O4/c1-15-8-9-17(18(14-15)22(24)25)21-12-10-20(11-13-21,19(23)26-2)16-6-4-3-5-7-16/h3-9,14H,10-13H2,1-2H3. The quantitative estimate of drug-likeness (QED) is 0.476. The minimum Gasteiger partial charge on any atom is -0.468 e. The Bertz CT molecular complexity index is 812. The predicted molar refractivity (Wildman–Crippen MR) is 99.4 cm³/mol. The van der Waals surface area contributed by atoms with E-state index in [4.69, 9.17) is 4.74 Å². The molecular formula is C20H22N2O4. The zero-order valence-corrected chi connectivity index (χ0v) is 15.0. The number of nitro benzene ring substituents is 1. The third-order valence-corrected chi connectivity index (χ3v) is 5.19.